The number of aryl methyl sites for hydroxylation is 1. The second-order valence-electron chi connectivity index (χ2n) is 4.58. The summed E-state index contributed by atoms with van der Waals surface area (Å²) >= 11 is 0. The van der Waals surface area contributed by atoms with Gasteiger partial charge in [0, 0.05) is 12.2 Å². The molecule has 108 valence electrons. The standard InChI is InChI=1S/C16H20O4/c1-13(2)20-16(18)11-10-15(17)19-12-6-9-14-7-4-3-5-8-14/h3-5,7-8,10-11,13H,6,9,12H2,1-2H3/b11-10+. The quantitative estimate of drug-likeness (QED) is 0.436. The molecule has 0 aliphatic carbocycles. The zero-order chi connectivity index (χ0) is 14.8. The molecule has 1 rings (SSSR count). The highest BCUT2D eigenvalue weighted by atomic mass is 16.5. The van der Waals surface area contributed by atoms with Crippen LogP contribution >= 0.6 is 0 Å². The fourth-order valence-electron chi connectivity index (χ4n) is 1.55. The maximum absolute atomic E-state index is 11.3. The van der Waals surface area contributed by atoms with Crippen molar-refractivity contribution in [3.05, 3.63) is 48.0 Å². The molecule has 0 amide bonds. The van der Waals surface area contributed by atoms with Gasteiger partial charge < -0.3 is 9.47 Å². The van der Waals surface area contributed by atoms with Gasteiger partial charge in [0.1, 0.15) is 0 Å². The number of hydrogen-bond acceptors (Lipinski definition) is 4. The number of carbonyl (C=O) groups is 2. The minimum Gasteiger partial charge on any atom is -0.463 e. The number of benzene rings is 1. The molecule has 0 aromatic heterocycles. The van der Waals surface area contributed by atoms with Crippen molar-refractivity contribution >= 4 is 11.9 Å². The van der Waals surface area contributed by atoms with Crippen LogP contribution in [-0.2, 0) is 25.5 Å². The van der Waals surface area contributed by atoms with E-state index in [1.165, 1.54) is 5.56 Å². The van der Waals surface area contributed by atoms with E-state index < -0.39 is 11.9 Å². The number of hydrogen-bond donors (Lipinski definition) is 0. The van der Waals surface area contributed by atoms with Crippen molar-refractivity contribution in [1.29, 1.82) is 0 Å². The van der Waals surface area contributed by atoms with Gasteiger partial charge in [-0.15, -0.1) is 0 Å². The summed E-state index contributed by atoms with van der Waals surface area (Å²) in [4.78, 5) is 22.5. The molecule has 0 aliphatic heterocycles. The van der Waals surface area contributed by atoms with Crippen molar-refractivity contribution < 1.29 is 19.1 Å². The summed E-state index contributed by atoms with van der Waals surface area (Å²) < 4.78 is 9.84. The molecule has 4 heteroatoms. The highest BCUT2D eigenvalue weighted by molar-refractivity contribution is 5.91. The lowest BCUT2D eigenvalue weighted by Crippen LogP contribution is -2.10. The van der Waals surface area contributed by atoms with Crippen LogP contribution in [0.4, 0.5) is 0 Å². The fraction of sp³-hybridized carbons (Fsp3) is 0.375. The van der Waals surface area contributed by atoms with Crippen LogP contribution in [0.25, 0.3) is 0 Å². The highest BCUT2D eigenvalue weighted by Gasteiger charge is 2.03. The Labute approximate surface area is 119 Å². The first kappa shape index (κ1) is 16.0. The van der Waals surface area contributed by atoms with E-state index in [4.69, 9.17) is 9.47 Å². The Bertz CT molecular complexity index is 449. The first-order valence-electron chi connectivity index (χ1n) is 6.67. The molecular weight excluding hydrogens is 256 g/mol. The van der Waals surface area contributed by atoms with Crippen LogP contribution < -0.4 is 0 Å². The molecule has 0 saturated heterocycles. The van der Waals surface area contributed by atoms with Gasteiger partial charge in [0.2, 0.25) is 0 Å². The van der Waals surface area contributed by atoms with Crippen molar-refractivity contribution in [2.75, 3.05) is 6.61 Å². The van der Waals surface area contributed by atoms with Crippen molar-refractivity contribution in [2.24, 2.45) is 0 Å². The van der Waals surface area contributed by atoms with E-state index in [1.807, 2.05) is 30.3 Å². The predicted molar refractivity (Wildman–Crippen MR) is 76.1 cm³/mol. The molecule has 1 aromatic carbocycles. The Morgan fingerprint density at radius 3 is 2.40 bits per heavy atom. The summed E-state index contributed by atoms with van der Waals surface area (Å²) in [6.07, 6.45) is 3.58. The second-order valence-corrected chi connectivity index (χ2v) is 4.58. The van der Waals surface area contributed by atoms with Gasteiger partial charge in [-0.2, -0.15) is 0 Å². The summed E-state index contributed by atoms with van der Waals surface area (Å²) in [7, 11) is 0. The van der Waals surface area contributed by atoms with Gasteiger partial charge in [-0.1, -0.05) is 30.3 Å². The monoisotopic (exact) mass is 276 g/mol. The Morgan fingerprint density at radius 1 is 1.10 bits per heavy atom. The lowest BCUT2D eigenvalue weighted by atomic mass is 10.1. The van der Waals surface area contributed by atoms with Crippen molar-refractivity contribution in [1.82, 2.24) is 0 Å². The third-order valence-corrected chi connectivity index (χ3v) is 2.40. The molecule has 0 unspecified atom stereocenters. The Kier molecular flexibility index (Phi) is 7.11. The maximum Gasteiger partial charge on any atom is 0.331 e. The summed E-state index contributed by atoms with van der Waals surface area (Å²) in [5.41, 5.74) is 1.21. The zero-order valence-electron chi connectivity index (χ0n) is 11.9. The molecule has 1 aromatic rings. The maximum atomic E-state index is 11.3. The third-order valence-electron chi connectivity index (χ3n) is 2.40. The highest BCUT2D eigenvalue weighted by Crippen LogP contribution is 2.02. The molecule has 0 N–H and O–H groups in total. The van der Waals surface area contributed by atoms with Crippen molar-refractivity contribution in [3.63, 3.8) is 0 Å². The average Bonchev–Trinajstić information content (AvgIpc) is 2.42. The number of carbonyl (C=O) groups excluding carboxylic acids is 2. The molecule has 0 radical (unpaired) electrons. The third kappa shape index (κ3) is 7.36. The topological polar surface area (TPSA) is 52.6 Å². The van der Waals surface area contributed by atoms with Crippen LogP contribution in [0, 0.1) is 0 Å². The Morgan fingerprint density at radius 2 is 1.75 bits per heavy atom. The van der Waals surface area contributed by atoms with Crippen LogP contribution in [0.15, 0.2) is 42.5 Å². The lowest BCUT2D eigenvalue weighted by Gasteiger charge is -2.04. The van der Waals surface area contributed by atoms with Gasteiger partial charge in [0.15, 0.2) is 0 Å². The van der Waals surface area contributed by atoms with Crippen molar-refractivity contribution in [2.45, 2.75) is 32.8 Å². The summed E-state index contributed by atoms with van der Waals surface area (Å²) in [5.74, 6) is -1.07. The number of ether oxygens (including phenoxy) is 2. The molecule has 0 saturated carbocycles. The minimum absolute atomic E-state index is 0.200. The van der Waals surface area contributed by atoms with Crippen LogP contribution in [0.2, 0.25) is 0 Å². The van der Waals surface area contributed by atoms with Gasteiger partial charge in [-0.25, -0.2) is 9.59 Å². The van der Waals surface area contributed by atoms with E-state index >= 15 is 0 Å². The van der Waals surface area contributed by atoms with Crippen molar-refractivity contribution in [3.8, 4) is 0 Å². The van der Waals surface area contributed by atoms with E-state index in [-0.39, 0.29) is 6.10 Å². The van der Waals surface area contributed by atoms with E-state index in [2.05, 4.69) is 0 Å². The molecule has 4 nitrogen and oxygen atoms in total. The number of rotatable bonds is 7. The number of esters is 2. The van der Waals surface area contributed by atoms with Gasteiger partial charge >= 0.3 is 11.9 Å². The molecule has 0 fully saturated rings. The average molecular weight is 276 g/mol. The Hall–Kier alpha value is -2.10. The molecule has 0 atom stereocenters. The van der Waals surface area contributed by atoms with Gasteiger partial charge in [0.05, 0.1) is 12.7 Å². The molecule has 0 bridgehead atoms. The first-order valence-corrected chi connectivity index (χ1v) is 6.67. The van der Waals surface area contributed by atoms with Crippen LogP contribution in [0.5, 0.6) is 0 Å². The van der Waals surface area contributed by atoms with E-state index in [9.17, 15) is 9.59 Å². The minimum atomic E-state index is -0.541. The smallest absolute Gasteiger partial charge is 0.331 e. The first-order chi connectivity index (χ1) is 9.58. The van der Waals surface area contributed by atoms with E-state index in [0.717, 1.165) is 25.0 Å². The normalized spacial score (nSPS) is 10.8. The second kappa shape index (κ2) is 8.91. The summed E-state index contributed by atoms with van der Waals surface area (Å²) in [6, 6.07) is 9.98. The SMILES string of the molecule is CC(C)OC(=O)/C=C/C(=O)OCCCc1ccccc1. The van der Waals surface area contributed by atoms with Gasteiger partial charge in [-0.05, 0) is 32.3 Å². The van der Waals surface area contributed by atoms with Gasteiger partial charge in [0.25, 0.3) is 0 Å². The van der Waals surface area contributed by atoms with Crippen LogP contribution in [0.3, 0.4) is 0 Å². The van der Waals surface area contributed by atoms with E-state index in [0.29, 0.717) is 6.61 Å². The zero-order valence-corrected chi connectivity index (χ0v) is 11.9. The van der Waals surface area contributed by atoms with Crippen LogP contribution in [0.1, 0.15) is 25.8 Å². The molecule has 0 spiro atoms. The summed E-state index contributed by atoms with van der Waals surface area (Å²) in [5, 5.41) is 0. The molecular formula is C16H20O4. The molecule has 0 aliphatic rings. The molecule has 20 heavy (non-hydrogen) atoms. The van der Waals surface area contributed by atoms with Crippen LogP contribution in [-0.4, -0.2) is 24.6 Å². The predicted octanol–water partition coefficient (Wildman–Crippen LogP) is 2.67. The fourth-order valence-corrected chi connectivity index (χ4v) is 1.55. The summed E-state index contributed by atoms with van der Waals surface area (Å²) in [6.45, 7) is 3.82. The molecule has 0 heterocycles. The largest absolute Gasteiger partial charge is 0.463 e. The van der Waals surface area contributed by atoms with E-state index in [1.54, 1.807) is 13.8 Å². The lowest BCUT2D eigenvalue weighted by molar-refractivity contribution is -0.142. The Balaban J connectivity index is 2.17. The van der Waals surface area contributed by atoms with Gasteiger partial charge in [-0.3, -0.25) is 0 Å².